The predicted octanol–water partition coefficient (Wildman–Crippen LogP) is 3.95. The third kappa shape index (κ3) is 3.03. The monoisotopic (exact) mass is 374 g/mol. The number of para-hydroxylation sites is 1. The van der Waals surface area contributed by atoms with E-state index in [-0.39, 0.29) is 35.5 Å². The van der Waals surface area contributed by atoms with Gasteiger partial charge in [0.15, 0.2) is 0 Å². The molecule has 0 saturated carbocycles. The van der Waals surface area contributed by atoms with Crippen molar-refractivity contribution in [2.75, 3.05) is 10.2 Å². The molecule has 0 bridgehead atoms. The van der Waals surface area contributed by atoms with Crippen LogP contribution in [0.1, 0.15) is 29.3 Å². The van der Waals surface area contributed by atoms with Crippen molar-refractivity contribution in [2.45, 2.75) is 20.3 Å². The van der Waals surface area contributed by atoms with Gasteiger partial charge in [0, 0.05) is 11.3 Å². The number of hydrogen-bond acceptors (Lipinski definition) is 3. The van der Waals surface area contributed by atoms with E-state index in [0.717, 1.165) is 11.3 Å². The van der Waals surface area contributed by atoms with E-state index in [2.05, 4.69) is 5.32 Å². The molecule has 2 aromatic rings. The molecule has 1 aliphatic carbocycles. The van der Waals surface area contributed by atoms with Crippen molar-refractivity contribution in [1.82, 2.24) is 0 Å². The third-order valence-corrected chi connectivity index (χ3v) is 5.65. The lowest BCUT2D eigenvalue weighted by atomic mass is 9.78. The molecule has 5 nitrogen and oxygen atoms in total. The van der Waals surface area contributed by atoms with E-state index in [4.69, 9.17) is 0 Å². The molecule has 1 N–H and O–H groups in total. The van der Waals surface area contributed by atoms with E-state index >= 15 is 0 Å². The molecular weight excluding hydrogens is 352 g/mol. The molecule has 0 spiro atoms. The largest absolute Gasteiger partial charge is 0.322 e. The Hall–Kier alpha value is -3.21. The molecular formula is C23H22N2O3. The number of carbonyl (C=O) groups excluding carboxylic acids is 3. The van der Waals surface area contributed by atoms with Gasteiger partial charge in [-0.3, -0.25) is 19.3 Å². The van der Waals surface area contributed by atoms with Crippen LogP contribution in [0.5, 0.6) is 0 Å². The van der Waals surface area contributed by atoms with Crippen LogP contribution in [0.2, 0.25) is 0 Å². The highest BCUT2D eigenvalue weighted by molar-refractivity contribution is 6.22. The average molecular weight is 374 g/mol. The zero-order valence-electron chi connectivity index (χ0n) is 15.9. The number of nitrogens with zero attached hydrogens (tertiary/aromatic N) is 1. The molecule has 5 heteroatoms. The van der Waals surface area contributed by atoms with Crippen molar-refractivity contribution in [3.63, 3.8) is 0 Å². The molecule has 1 heterocycles. The Morgan fingerprint density at radius 3 is 2.43 bits per heavy atom. The van der Waals surface area contributed by atoms with E-state index in [1.54, 1.807) is 24.3 Å². The molecule has 2 aromatic carbocycles. The molecule has 3 amide bonds. The van der Waals surface area contributed by atoms with Crippen LogP contribution < -0.4 is 10.2 Å². The second kappa shape index (κ2) is 7.08. The number of allylic oxidation sites excluding steroid dienone is 2. The molecule has 142 valence electrons. The molecule has 2 aliphatic rings. The van der Waals surface area contributed by atoms with Gasteiger partial charge in [-0.15, -0.1) is 0 Å². The molecule has 1 saturated heterocycles. The lowest BCUT2D eigenvalue weighted by Crippen LogP contribution is -2.31. The van der Waals surface area contributed by atoms with Gasteiger partial charge >= 0.3 is 0 Å². The molecule has 0 aromatic heterocycles. The van der Waals surface area contributed by atoms with Gasteiger partial charge in [-0.05, 0) is 55.2 Å². The number of anilines is 2. The summed E-state index contributed by atoms with van der Waals surface area (Å²) in [5.74, 6) is -1.05. The van der Waals surface area contributed by atoms with E-state index in [1.165, 1.54) is 4.90 Å². The number of aryl methyl sites for hydroxylation is 1. The van der Waals surface area contributed by atoms with Crippen molar-refractivity contribution in [3.8, 4) is 0 Å². The second-order valence-electron chi connectivity index (χ2n) is 7.48. The fourth-order valence-electron chi connectivity index (χ4n) is 4.07. The van der Waals surface area contributed by atoms with Gasteiger partial charge in [-0.1, -0.05) is 37.3 Å². The molecule has 0 radical (unpaired) electrons. The lowest BCUT2D eigenvalue weighted by molar-refractivity contribution is -0.122. The van der Waals surface area contributed by atoms with Gasteiger partial charge in [0.25, 0.3) is 5.91 Å². The quantitative estimate of drug-likeness (QED) is 0.653. The van der Waals surface area contributed by atoms with Crippen molar-refractivity contribution in [1.29, 1.82) is 0 Å². The number of fused-ring (bicyclic) bond motifs is 1. The van der Waals surface area contributed by atoms with E-state index in [0.29, 0.717) is 17.7 Å². The Kier molecular flexibility index (Phi) is 4.59. The number of nitrogens with one attached hydrogen (secondary N) is 1. The van der Waals surface area contributed by atoms with E-state index in [1.807, 2.05) is 50.3 Å². The Morgan fingerprint density at radius 2 is 1.75 bits per heavy atom. The summed E-state index contributed by atoms with van der Waals surface area (Å²) in [5.41, 5.74) is 2.72. The van der Waals surface area contributed by atoms with Crippen LogP contribution in [0.3, 0.4) is 0 Å². The number of carbonyl (C=O) groups is 3. The van der Waals surface area contributed by atoms with E-state index in [9.17, 15) is 14.4 Å². The lowest BCUT2D eigenvalue weighted by Gasteiger charge is -2.22. The SMILES string of the molecule is Cc1ccccc1NC(=O)c1ccc(N2C(=O)[C@H]3[C@H](C)C=CC[C@H]3C2=O)cc1. The fraction of sp³-hybridized carbons (Fsp3) is 0.261. The number of amides is 3. The van der Waals surface area contributed by atoms with Crippen molar-refractivity contribution < 1.29 is 14.4 Å². The molecule has 0 unspecified atom stereocenters. The predicted molar refractivity (Wildman–Crippen MR) is 108 cm³/mol. The first-order valence-electron chi connectivity index (χ1n) is 9.49. The maximum absolute atomic E-state index is 12.9. The van der Waals surface area contributed by atoms with Crippen LogP contribution in [0.25, 0.3) is 0 Å². The average Bonchev–Trinajstić information content (AvgIpc) is 2.95. The van der Waals surface area contributed by atoms with Crippen molar-refractivity contribution in [3.05, 3.63) is 71.8 Å². The molecule has 1 aliphatic heterocycles. The first-order valence-corrected chi connectivity index (χ1v) is 9.49. The number of rotatable bonds is 3. The normalized spacial score (nSPS) is 23.6. The fourth-order valence-corrected chi connectivity index (χ4v) is 4.07. The Bertz CT molecular complexity index is 978. The van der Waals surface area contributed by atoms with Crippen molar-refractivity contribution in [2.24, 2.45) is 17.8 Å². The highest BCUT2D eigenvalue weighted by Crippen LogP contribution is 2.40. The minimum Gasteiger partial charge on any atom is -0.322 e. The number of imide groups is 1. The topological polar surface area (TPSA) is 66.5 Å². The minimum absolute atomic E-state index is 0.0550. The summed E-state index contributed by atoms with van der Waals surface area (Å²) in [6.45, 7) is 3.90. The van der Waals surface area contributed by atoms with Gasteiger partial charge in [-0.2, -0.15) is 0 Å². The molecule has 3 atom stereocenters. The number of benzene rings is 2. The summed E-state index contributed by atoms with van der Waals surface area (Å²) in [6.07, 6.45) is 4.60. The zero-order valence-corrected chi connectivity index (χ0v) is 15.9. The maximum atomic E-state index is 12.9. The zero-order chi connectivity index (χ0) is 19.8. The summed E-state index contributed by atoms with van der Waals surface area (Å²) in [6, 6.07) is 14.2. The van der Waals surface area contributed by atoms with Crippen LogP contribution >= 0.6 is 0 Å². The Morgan fingerprint density at radius 1 is 1.04 bits per heavy atom. The van der Waals surface area contributed by atoms with Gasteiger partial charge in [-0.25, -0.2) is 0 Å². The second-order valence-corrected chi connectivity index (χ2v) is 7.48. The maximum Gasteiger partial charge on any atom is 0.255 e. The highest BCUT2D eigenvalue weighted by atomic mass is 16.2. The summed E-state index contributed by atoms with van der Waals surface area (Å²) in [7, 11) is 0. The first kappa shape index (κ1) is 18.2. The van der Waals surface area contributed by atoms with Gasteiger partial charge in [0.1, 0.15) is 0 Å². The Labute approximate surface area is 164 Å². The van der Waals surface area contributed by atoms with Crippen LogP contribution in [-0.4, -0.2) is 17.7 Å². The summed E-state index contributed by atoms with van der Waals surface area (Å²) in [5, 5.41) is 2.88. The van der Waals surface area contributed by atoms with Crippen LogP contribution in [0.15, 0.2) is 60.7 Å². The molecule has 4 rings (SSSR count). The standard InChI is InChI=1S/C23H22N2O3/c1-14-6-3-4-9-19(14)24-21(26)16-10-12-17(13-11-16)25-22(27)18-8-5-7-15(2)20(18)23(25)28/h3-7,9-13,15,18,20H,8H2,1-2H3,(H,24,26)/t15-,18-,20+/m1/s1. The number of hydrogen-bond donors (Lipinski definition) is 1. The summed E-state index contributed by atoms with van der Waals surface area (Å²) < 4.78 is 0. The van der Waals surface area contributed by atoms with Crippen LogP contribution in [0.4, 0.5) is 11.4 Å². The summed E-state index contributed by atoms with van der Waals surface area (Å²) in [4.78, 5) is 39.4. The molecule has 1 fully saturated rings. The van der Waals surface area contributed by atoms with Gasteiger partial charge in [0.2, 0.25) is 11.8 Å². The molecule has 28 heavy (non-hydrogen) atoms. The van der Waals surface area contributed by atoms with Crippen LogP contribution in [-0.2, 0) is 9.59 Å². The minimum atomic E-state index is -0.290. The van der Waals surface area contributed by atoms with Gasteiger partial charge < -0.3 is 5.32 Å². The first-order chi connectivity index (χ1) is 13.5. The van der Waals surface area contributed by atoms with Gasteiger partial charge in [0.05, 0.1) is 17.5 Å². The van der Waals surface area contributed by atoms with Crippen molar-refractivity contribution >= 4 is 29.1 Å². The summed E-state index contributed by atoms with van der Waals surface area (Å²) >= 11 is 0. The van der Waals surface area contributed by atoms with Crippen LogP contribution in [0, 0.1) is 24.7 Å². The van der Waals surface area contributed by atoms with E-state index < -0.39 is 0 Å². The third-order valence-electron chi connectivity index (χ3n) is 5.65. The smallest absolute Gasteiger partial charge is 0.255 e. The highest BCUT2D eigenvalue weighted by Gasteiger charge is 2.50. The Balaban J connectivity index is 1.54.